The zero-order valence-corrected chi connectivity index (χ0v) is 13.4. The SMILES string of the molecule is C=CC(=O)Nc1cc(/C=C/C2CCCCC2)c(OC)c(C)n1. The number of hydrogen-bond donors (Lipinski definition) is 1. The largest absolute Gasteiger partial charge is 0.494 e. The molecule has 1 aromatic rings. The Balaban J connectivity index is 2.24. The van der Waals surface area contributed by atoms with Crippen LogP contribution in [0, 0.1) is 12.8 Å². The minimum Gasteiger partial charge on any atom is -0.494 e. The number of aromatic nitrogens is 1. The van der Waals surface area contributed by atoms with Crippen molar-refractivity contribution in [1.29, 1.82) is 0 Å². The predicted octanol–water partition coefficient (Wildman–Crippen LogP) is 4.12. The van der Waals surface area contributed by atoms with Crippen molar-refractivity contribution in [2.75, 3.05) is 12.4 Å². The molecular weight excluding hydrogens is 276 g/mol. The number of amides is 1. The summed E-state index contributed by atoms with van der Waals surface area (Å²) >= 11 is 0. The number of aryl methyl sites for hydroxylation is 1. The quantitative estimate of drug-likeness (QED) is 0.832. The Kier molecular flexibility index (Phi) is 5.75. The molecule has 1 saturated carbocycles. The van der Waals surface area contributed by atoms with Gasteiger partial charge in [0.1, 0.15) is 11.6 Å². The maximum Gasteiger partial charge on any atom is 0.248 e. The summed E-state index contributed by atoms with van der Waals surface area (Å²) in [4.78, 5) is 15.8. The zero-order chi connectivity index (χ0) is 15.9. The fraction of sp³-hybridized carbons (Fsp3) is 0.444. The summed E-state index contributed by atoms with van der Waals surface area (Å²) < 4.78 is 5.46. The number of rotatable bonds is 5. The lowest BCUT2D eigenvalue weighted by atomic mass is 9.89. The van der Waals surface area contributed by atoms with Gasteiger partial charge in [-0.05, 0) is 37.8 Å². The van der Waals surface area contributed by atoms with Gasteiger partial charge in [0.25, 0.3) is 0 Å². The van der Waals surface area contributed by atoms with E-state index in [1.165, 1.54) is 38.2 Å². The number of hydrogen-bond acceptors (Lipinski definition) is 3. The number of carbonyl (C=O) groups is 1. The maximum absolute atomic E-state index is 11.4. The molecule has 0 aromatic carbocycles. The summed E-state index contributed by atoms with van der Waals surface area (Å²) in [5.74, 6) is 1.65. The normalized spacial score (nSPS) is 15.7. The van der Waals surface area contributed by atoms with Crippen molar-refractivity contribution in [2.45, 2.75) is 39.0 Å². The number of anilines is 1. The highest BCUT2D eigenvalue weighted by molar-refractivity contribution is 5.98. The number of nitrogens with zero attached hydrogens (tertiary/aromatic N) is 1. The molecule has 0 bridgehead atoms. The minimum absolute atomic E-state index is 0.265. The van der Waals surface area contributed by atoms with E-state index >= 15 is 0 Å². The first-order chi connectivity index (χ1) is 10.6. The molecular formula is C18H24N2O2. The van der Waals surface area contributed by atoms with Crippen molar-refractivity contribution in [1.82, 2.24) is 4.98 Å². The Morgan fingerprint density at radius 1 is 1.41 bits per heavy atom. The molecule has 0 aliphatic heterocycles. The Morgan fingerprint density at radius 3 is 2.77 bits per heavy atom. The van der Waals surface area contributed by atoms with Crippen LogP contribution in [0.3, 0.4) is 0 Å². The molecule has 1 amide bonds. The van der Waals surface area contributed by atoms with Crippen LogP contribution in [0.25, 0.3) is 6.08 Å². The molecule has 22 heavy (non-hydrogen) atoms. The second kappa shape index (κ2) is 7.78. The molecule has 0 saturated heterocycles. The van der Waals surface area contributed by atoms with Gasteiger partial charge in [-0.15, -0.1) is 0 Å². The summed E-state index contributed by atoms with van der Waals surface area (Å²) in [5, 5.41) is 2.70. The molecule has 1 heterocycles. The van der Waals surface area contributed by atoms with Crippen LogP contribution in [0.4, 0.5) is 5.82 Å². The summed E-state index contributed by atoms with van der Waals surface area (Å²) in [6.07, 6.45) is 12.1. The van der Waals surface area contributed by atoms with Crippen LogP contribution in [0.15, 0.2) is 24.8 Å². The van der Waals surface area contributed by atoms with Gasteiger partial charge in [-0.1, -0.05) is 38.0 Å². The molecule has 1 N–H and O–H groups in total. The smallest absolute Gasteiger partial charge is 0.248 e. The van der Waals surface area contributed by atoms with Gasteiger partial charge in [-0.2, -0.15) is 0 Å². The number of pyridine rings is 1. The number of allylic oxidation sites excluding steroid dienone is 1. The maximum atomic E-state index is 11.4. The van der Waals surface area contributed by atoms with Gasteiger partial charge in [0, 0.05) is 5.56 Å². The third kappa shape index (κ3) is 4.20. The highest BCUT2D eigenvalue weighted by Gasteiger charge is 2.12. The Labute approximate surface area is 132 Å². The van der Waals surface area contributed by atoms with E-state index in [1.807, 2.05) is 13.0 Å². The highest BCUT2D eigenvalue weighted by Crippen LogP contribution is 2.29. The average molecular weight is 300 g/mol. The van der Waals surface area contributed by atoms with Gasteiger partial charge >= 0.3 is 0 Å². The monoisotopic (exact) mass is 300 g/mol. The van der Waals surface area contributed by atoms with Crippen LogP contribution < -0.4 is 10.1 Å². The summed E-state index contributed by atoms with van der Waals surface area (Å²) in [5.41, 5.74) is 1.70. The van der Waals surface area contributed by atoms with Crippen LogP contribution in [0.1, 0.15) is 43.4 Å². The van der Waals surface area contributed by atoms with Gasteiger partial charge in [-0.3, -0.25) is 4.79 Å². The third-order valence-electron chi connectivity index (χ3n) is 4.01. The number of methoxy groups -OCH3 is 1. The van der Waals surface area contributed by atoms with Crippen molar-refractivity contribution >= 4 is 17.8 Å². The molecule has 0 unspecified atom stereocenters. The van der Waals surface area contributed by atoms with E-state index in [0.29, 0.717) is 11.7 Å². The summed E-state index contributed by atoms with van der Waals surface area (Å²) in [6.45, 7) is 5.33. The number of nitrogens with one attached hydrogen (secondary N) is 1. The minimum atomic E-state index is -0.265. The van der Waals surface area contributed by atoms with Crippen molar-refractivity contribution < 1.29 is 9.53 Å². The fourth-order valence-corrected chi connectivity index (χ4v) is 2.88. The lowest BCUT2D eigenvalue weighted by molar-refractivity contribution is -0.111. The van der Waals surface area contributed by atoms with E-state index < -0.39 is 0 Å². The van der Waals surface area contributed by atoms with Crippen LogP contribution >= 0.6 is 0 Å². The molecule has 0 radical (unpaired) electrons. The molecule has 1 fully saturated rings. The molecule has 0 spiro atoms. The lowest BCUT2D eigenvalue weighted by Crippen LogP contribution is -2.10. The Bertz CT molecular complexity index is 573. The van der Waals surface area contributed by atoms with Crippen molar-refractivity contribution in [3.63, 3.8) is 0 Å². The van der Waals surface area contributed by atoms with Gasteiger partial charge in [0.05, 0.1) is 12.8 Å². The standard InChI is InChI=1S/C18H24N2O2/c1-4-17(21)20-16-12-15(18(22-3)13(2)19-16)11-10-14-8-6-5-7-9-14/h4,10-12,14H,1,5-9H2,2-3H3,(H,19,20,21)/b11-10+. The fourth-order valence-electron chi connectivity index (χ4n) is 2.88. The van der Waals surface area contributed by atoms with Crippen molar-refractivity contribution in [2.24, 2.45) is 5.92 Å². The molecule has 1 aliphatic carbocycles. The van der Waals surface area contributed by atoms with Crippen molar-refractivity contribution in [3.8, 4) is 5.75 Å². The molecule has 4 nitrogen and oxygen atoms in total. The molecule has 1 aliphatic rings. The van der Waals surface area contributed by atoms with E-state index in [-0.39, 0.29) is 5.91 Å². The first-order valence-electron chi connectivity index (χ1n) is 7.81. The van der Waals surface area contributed by atoms with Crippen LogP contribution in [-0.2, 0) is 4.79 Å². The Hall–Kier alpha value is -2.10. The highest BCUT2D eigenvalue weighted by atomic mass is 16.5. The summed E-state index contributed by atoms with van der Waals surface area (Å²) in [7, 11) is 1.64. The predicted molar refractivity (Wildman–Crippen MR) is 90.0 cm³/mol. The van der Waals surface area contributed by atoms with E-state index in [9.17, 15) is 4.79 Å². The molecule has 4 heteroatoms. The van der Waals surface area contributed by atoms with Gasteiger partial charge in [0.2, 0.25) is 5.91 Å². The van der Waals surface area contributed by atoms with E-state index in [0.717, 1.165) is 17.0 Å². The van der Waals surface area contributed by atoms with Crippen LogP contribution in [0.5, 0.6) is 5.75 Å². The lowest BCUT2D eigenvalue weighted by Gasteiger charge is -2.18. The van der Waals surface area contributed by atoms with E-state index in [2.05, 4.69) is 29.0 Å². The third-order valence-corrected chi connectivity index (χ3v) is 4.01. The topological polar surface area (TPSA) is 51.2 Å². The number of ether oxygens (including phenoxy) is 1. The second-order valence-electron chi connectivity index (χ2n) is 5.67. The van der Waals surface area contributed by atoms with E-state index in [4.69, 9.17) is 4.74 Å². The number of carbonyl (C=O) groups excluding carboxylic acids is 1. The second-order valence-corrected chi connectivity index (χ2v) is 5.67. The molecule has 118 valence electrons. The molecule has 2 rings (SSSR count). The van der Waals surface area contributed by atoms with E-state index in [1.54, 1.807) is 7.11 Å². The van der Waals surface area contributed by atoms with Crippen LogP contribution in [0.2, 0.25) is 0 Å². The molecule has 0 atom stereocenters. The van der Waals surface area contributed by atoms with Gasteiger partial charge < -0.3 is 10.1 Å². The average Bonchev–Trinajstić information content (AvgIpc) is 2.53. The summed E-state index contributed by atoms with van der Waals surface area (Å²) in [6, 6.07) is 1.84. The van der Waals surface area contributed by atoms with Gasteiger partial charge in [-0.25, -0.2) is 4.98 Å². The molecule has 1 aromatic heterocycles. The van der Waals surface area contributed by atoms with Crippen LogP contribution in [-0.4, -0.2) is 18.0 Å². The first kappa shape index (κ1) is 16.3. The zero-order valence-electron chi connectivity index (χ0n) is 13.4. The van der Waals surface area contributed by atoms with Gasteiger partial charge in [0.15, 0.2) is 0 Å². The van der Waals surface area contributed by atoms with Crippen molar-refractivity contribution in [3.05, 3.63) is 36.1 Å². The Morgan fingerprint density at radius 2 is 2.14 bits per heavy atom. The first-order valence-corrected chi connectivity index (χ1v) is 7.81.